The van der Waals surface area contributed by atoms with Gasteiger partial charge in [0.1, 0.15) is 5.37 Å². The van der Waals surface area contributed by atoms with Crippen molar-refractivity contribution in [2.24, 2.45) is 0 Å². The van der Waals surface area contributed by atoms with Crippen LogP contribution in [-0.4, -0.2) is 38.5 Å². The summed E-state index contributed by atoms with van der Waals surface area (Å²) in [7, 11) is 0.250. The predicted molar refractivity (Wildman–Crippen MR) is 121 cm³/mol. The number of nitrogens with zero attached hydrogens (tertiary/aromatic N) is 1. The molecule has 1 fully saturated rings. The molecule has 0 amide bonds. The van der Waals surface area contributed by atoms with Gasteiger partial charge in [-0.2, -0.15) is 0 Å². The van der Waals surface area contributed by atoms with Gasteiger partial charge in [-0.15, -0.1) is 11.8 Å². The van der Waals surface area contributed by atoms with Crippen LogP contribution >= 0.6 is 11.8 Å². The summed E-state index contributed by atoms with van der Waals surface area (Å²) in [5.41, 5.74) is 1.29. The van der Waals surface area contributed by atoms with E-state index >= 15 is 0 Å². The Morgan fingerprint density at radius 3 is 2.14 bits per heavy atom. The van der Waals surface area contributed by atoms with Gasteiger partial charge in [0.25, 0.3) is 0 Å². The number of thioether (sulfide) groups is 1. The highest BCUT2D eigenvalue weighted by Crippen LogP contribution is 2.42. The number of benzene rings is 2. The molecule has 0 radical (unpaired) electrons. The third kappa shape index (κ3) is 4.89. The Kier molecular flexibility index (Phi) is 6.72. The van der Waals surface area contributed by atoms with Crippen molar-refractivity contribution in [2.45, 2.75) is 61.5 Å². The standard InChI is InChI=1S/C23H33NO2SSi/c1-23(2,3)28(5,6)26-22-21(27-19-15-11-8-12-16-19)24(4)20(17-25-22)18-13-9-7-10-14-18/h7-16,20-22H,17H2,1-6H3/t20-,21+,22?/m0/s1. The zero-order valence-electron chi connectivity index (χ0n) is 17.9. The molecule has 2 aromatic carbocycles. The van der Waals surface area contributed by atoms with Gasteiger partial charge in [-0.3, -0.25) is 4.90 Å². The smallest absolute Gasteiger partial charge is 0.195 e. The Bertz CT molecular complexity index is 748. The van der Waals surface area contributed by atoms with Crippen LogP contribution in [0.2, 0.25) is 18.1 Å². The first-order valence-corrected chi connectivity index (χ1v) is 13.8. The number of hydrogen-bond donors (Lipinski definition) is 0. The monoisotopic (exact) mass is 415 g/mol. The Balaban J connectivity index is 1.87. The fourth-order valence-electron chi connectivity index (χ4n) is 3.10. The van der Waals surface area contributed by atoms with E-state index in [2.05, 4.69) is 106 Å². The van der Waals surface area contributed by atoms with Crippen molar-refractivity contribution in [3.8, 4) is 0 Å². The summed E-state index contributed by atoms with van der Waals surface area (Å²) in [6, 6.07) is 21.4. The molecule has 28 heavy (non-hydrogen) atoms. The Labute approximate surface area is 175 Å². The molecule has 152 valence electrons. The van der Waals surface area contributed by atoms with Crippen LogP contribution in [0.3, 0.4) is 0 Å². The van der Waals surface area contributed by atoms with Crippen LogP contribution in [0, 0.1) is 0 Å². The van der Waals surface area contributed by atoms with E-state index in [9.17, 15) is 0 Å². The average Bonchev–Trinajstić information content (AvgIpc) is 2.65. The van der Waals surface area contributed by atoms with Crippen molar-refractivity contribution in [3.05, 3.63) is 66.2 Å². The second-order valence-electron chi connectivity index (χ2n) is 8.99. The van der Waals surface area contributed by atoms with Gasteiger partial charge in [-0.05, 0) is 42.9 Å². The fourth-order valence-corrected chi connectivity index (χ4v) is 5.48. The molecular formula is C23H33NO2SSi. The molecule has 2 aromatic rings. The van der Waals surface area contributed by atoms with Gasteiger partial charge in [0, 0.05) is 4.90 Å². The van der Waals surface area contributed by atoms with Gasteiger partial charge in [0.15, 0.2) is 14.6 Å². The van der Waals surface area contributed by atoms with Crippen molar-refractivity contribution in [1.29, 1.82) is 0 Å². The maximum absolute atomic E-state index is 6.74. The number of morpholine rings is 1. The summed E-state index contributed by atoms with van der Waals surface area (Å²) in [5, 5.41) is 0.239. The van der Waals surface area contributed by atoms with Gasteiger partial charge in [0.05, 0.1) is 12.6 Å². The van der Waals surface area contributed by atoms with Crippen LogP contribution < -0.4 is 0 Å². The molecule has 0 bridgehead atoms. The summed E-state index contributed by atoms with van der Waals surface area (Å²) in [4.78, 5) is 3.66. The quantitative estimate of drug-likeness (QED) is 0.545. The van der Waals surface area contributed by atoms with Crippen LogP contribution in [0.15, 0.2) is 65.6 Å². The number of hydrogen-bond acceptors (Lipinski definition) is 4. The lowest BCUT2D eigenvalue weighted by Gasteiger charge is -2.47. The van der Waals surface area contributed by atoms with Gasteiger partial charge in [0.2, 0.25) is 0 Å². The summed E-state index contributed by atoms with van der Waals surface area (Å²) < 4.78 is 13.1. The zero-order valence-corrected chi connectivity index (χ0v) is 19.7. The van der Waals surface area contributed by atoms with E-state index in [1.807, 2.05) is 11.8 Å². The molecule has 1 aliphatic heterocycles. The molecular weight excluding hydrogens is 382 g/mol. The molecule has 3 nitrogen and oxygen atoms in total. The van der Waals surface area contributed by atoms with Crippen molar-refractivity contribution >= 4 is 20.1 Å². The summed E-state index contributed by atoms with van der Waals surface area (Å²) in [6.07, 6.45) is -0.240. The first-order chi connectivity index (χ1) is 13.2. The van der Waals surface area contributed by atoms with Crippen LogP contribution in [0.1, 0.15) is 32.4 Å². The highest BCUT2D eigenvalue weighted by Gasteiger charge is 2.45. The predicted octanol–water partition coefficient (Wildman–Crippen LogP) is 6.16. The van der Waals surface area contributed by atoms with Crippen LogP contribution in [0.25, 0.3) is 0 Å². The fraction of sp³-hybridized carbons (Fsp3) is 0.478. The second-order valence-corrected chi connectivity index (χ2v) is 14.9. The molecule has 0 spiro atoms. The van der Waals surface area contributed by atoms with Crippen LogP contribution in [-0.2, 0) is 9.16 Å². The number of likely N-dealkylation sites (N-methyl/N-ethyl adjacent to an activating group) is 1. The van der Waals surface area contributed by atoms with E-state index in [-0.39, 0.29) is 22.7 Å². The first-order valence-electron chi connectivity index (χ1n) is 9.97. The second kappa shape index (κ2) is 8.72. The molecule has 1 unspecified atom stereocenters. The molecule has 1 aliphatic rings. The topological polar surface area (TPSA) is 21.7 Å². The van der Waals surface area contributed by atoms with Crippen molar-refractivity contribution in [1.82, 2.24) is 4.90 Å². The Morgan fingerprint density at radius 1 is 1.00 bits per heavy atom. The molecule has 1 heterocycles. The molecule has 0 saturated carbocycles. The number of rotatable bonds is 5. The van der Waals surface area contributed by atoms with E-state index in [4.69, 9.17) is 9.16 Å². The van der Waals surface area contributed by atoms with E-state index in [0.29, 0.717) is 6.61 Å². The lowest BCUT2D eigenvalue weighted by molar-refractivity contribution is -0.163. The SMILES string of the molecule is CN1[C@H](Sc2ccccc2)C(O[Si](C)(C)C(C)(C)C)OC[C@H]1c1ccccc1. The summed E-state index contributed by atoms with van der Waals surface area (Å²) >= 11 is 1.83. The Morgan fingerprint density at radius 2 is 1.57 bits per heavy atom. The lowest BCUT2D eigenvalue weighted by atomic mass is 10.1. The van der Waals surface area contributed by atoms with E-state index in [1.165, 1.54) is 10.5 Å². The largest absolute Gasteiger partial charge is 0.390 e. The molecule has 1 saturated heterocycles. The van der Waals surface area contributed by atoms with Gasteiger partial charge in [-0.25, -0.2) is 0 Å². The molecule has 0 aromatic heterocycles. The van der Waals surface area contributed by atoms with E-state index < -0.39 is 8.32 Å². The lowest BCUT2D eigenvalue weighted by Crippen LogP contribution is -2.55. The normalized spacial score (nSPS) is 24.3. The van der Waals surface area contributed by atoms with Gasteiger partial charge >= 0.3 is 0 Å². The molecule has 3 rings (SSSR count). The maximum atomic E-state index is 6.74. The van der Waals surface area contributed by atoms with Crippen molar-refractivity contribution in [3.63, 3.8) is 0 Å². The maximum Gasteiger partial charge on any atom is 0.195 e. The minimum atomic E-state index is -1.95. The van der Waals surface area contributed by atoms with E-state index in [0.717, 1.165) is 0 Å². The summed E-state index contributed by atoms with van der Waals surface area (Å²) in [5.74, 6) is 0. The highest BCUT2D eigenvalue weighted by atomic mass is 32.2. The van der Waals surface area contributed by atoms with Crippen LogP contribution in [0.5, 0.6) is 0 Å². The third-order valence-corrected chi connectivity index (χ3v) is 11.7. The Hall–Kier alpha value is -1.11. The zero-order chi connectivity index (χ0) is 20.4. The molecule has 0 aliphatic carbocycles. The first kappa shape index (κ1) is 21.6. The van der Waals surface area contributed by atoms with Crippen molar-refractivity contribution in [2.75, 3.05) is 13.7 Å². The summed E-state index contributed by atoms with van der Waals surface area (Å²) in [6.45, 7) is 12.1. The van der Waals surface area contributed by atoms with Gasteiger partial charge in [-0.1, -0.05) is 69.3 Å². The van der Waals surface area contributed by atoms with Crippen molar-refractivity contribution < 1.29 is 9.16 Å². The minimum Gasteiger partial charge on any atom is -0.390 e. The van der Waals surface area contributed by atoms with Gasteiger partial charge < -0.3 is 9.16 Å². The average molecular weight is 416 g/mol. The molecule has 3 atom stereocenters. The van der Waals surface area contributed by atoms with Crippen LogP contribution in [0.4, 0.5) is 0 Å². The highest BCUT2D eigenvalue weighted by molar-refractivity contribution is 8.00. The van der Waals surface area contributed by atoms with E-state index in [1.54, 1.807) is 0 Å². The minimum absolute atomic E-state index is 0.0930. The molecule has 5 heteroatoms. The molecule has 0 N–H and O–H groups in total. The third-order valence-electron chi connectivity index (χ3n) is 5.95. The number of ether oxygens (including phenoxy) is 1.